The zero-order chi connectivity index (χ0) is 26.0. The van der Waals surface area contributed by atoms with E-state index in [4.69, 9.17) is 4.74 Å². The molecule has 2 heterocycles. The minimum absolute atomic E-state index is 0.119. The van der Waals surface area contributed by atoms with Gasteiger partial charge in [0.2, 0.25) is 11.8 Å². The molecular weight excluding hydrogens is 471 g/mol. The van der Waals surface area contributed by atoms with Crippen LogP contribution in [-0.4, -0.2) is 31.5 Å². The predicted octanol–water partition coefficient (Wildman–Crippen LogP) is 3.66. The number of hydrogen-bond donors (Lipinski definition) is 2. The summed E-state index contributed by atoms with van der Waals surface area (Å²) in [5.74, 6) is -1.71. The molecule has 2 bridgehead atoms. The van der Waals surface area contributed by atoms with Gasteiger partial charge in [0, 0.05) is 18.5 Å². The van der Waals surface area contributed by atoms with Crippen LogP contribution >= 0.6 is 0 Å². The van der Waals surface area contributed by atoms with Crippen LogP contribution < -0.4 is 14.8 Å². The fraction of sp³-hybridized carbons (Fsp3) is 0.320. The van der Waals surface area contributed by atoms with Crippen LogP contribution in [0.15, 0.2) is 48.2 Å². The second-order valence-corrected chi connectivity index (χ2v) is 10.8. The Labute approximate surface area is 204 Å². The lowest BCUT2D eigenvalue weighted by atomic mass is 9.86. The Hall–Kier alpha value is -3.71. The second kappa shape index (κ2) is 9.88. The van der Waals surface area contributed by atoms with Crippen molar-refractivity contribution in [1.29, 1.82) is 5.26 Å². The number of allylic oxidation sites excluding steroid dienone is 1. The molecule has 0 saturated carbocycles. The van der Waals surface area contributed by atoms with E-state index in [1.165, 1.54) is 18.5 Å². The van der Waals surface area contributed by atoms with Crippen LogP contribution in [0.25, 0.3) is 11.1 Å². The van der Waals surface area contributed by atoms with Crippen LogP contribution in [0.4, 0.5) is 4.39 Å². The number of benzene rings is 1. The van der Waals surface area contributed by atoms with Crippen LogP contribution in [0.2, 0.25) is 0 Å². The van der Waals surface area contributed by atoms with Crippen molar-refractivity contribution in [1.82, 2.24) is 15.0 Å². The number of amides is 1. The van der Waals surface area contributed by atoms with Gasteiger partial charge in [0.15, 0.2) is 0 Å². The lowest BCUT2D eigenvalue weighted by Gasteiger charge is -2.25. The Morgan fingerprint density at radius 3 is 2.69 bits per heavy atom. The Kier molecular flexibility index (Phi) is 7.31. The van der Waals surface area contributed by atoms with Crippen molar-refractivity contribution in [3.8, 4) is 23.1 Å². The summed E-state index contributed by atoms with van der Waals surface area (Å²) >= 11 is 0. The molecule has 1 amide bonds. The number of carbonyl (C=O) groups is 1. The summed E-state index contributed by atoms with van der Waals surface area (Å²) < 4.78 is 48.9. The molecule has 0 saturated heterocycles. The highest BCUT2D eigenvalue weighted by Gasteiger charge is 2.27. The molecule has 1 aliphatic rings. The number of halogens is 1. The highest BCUT2D eigenvalue weighted by Crippen LogP contribution is 2.35. The number of ether oxygens (including phenoxy) is 1. The molecular formula is C25H27FN4O4S. The van der Waals surface area contributed by atoms with Gasteiger partial charge in [0.1, 0.15) is 23.4 Å². The van der Waals surface area contributed by atoms with Crippen molar-refractivity contribution in [2.45, 2.75) is 45.6 Å². The van der Waals surface area contributed by atoms with Crippen molar-refractivity contribution in [2.75, 3.05) is 6.61 Å². The largest absolute Gasteiger partial charge is 0.475 e. The Morgan fingerprint density at radius 2 is 2.06 bits per heavy atom. The normalized spacial score (nSPS) is 18.8. The molecule has 10 heteroatoms. The van der Waals surface area contributed by atoms with Gasteiger partial charge < -0.3 is 10.1 Å². The number of aromatic nitrogens is 1. The van der Waals surface area contributed by atoms with E-state index in [-0.39, 0.29) is 34.1 Å². The molecule has 0 unspecified atom stereocenters. The van der Waals surface area contributed by atoms with Gasteiger partial charge in [0.25, 0.3) is 10.0 Å². The van der Waals surface area contributed by atoms with E-state index in [9.17, 15) is 18.5 Å². The summed E-state index contributed by atoms with van der Waals surface area (Å²) in [7, 11) is -4.26. The highest BCUT2D eigenvalue weighted by molar-refractivity contribution is 7.94. The van der Waals surface area contributed by atoms with Gasteiger partial charge in [-0.1, -0.05) is 20.4 Å². The van der Waals surface area contributed by atoms with E-state index in [0.29, 0.717) is 11.1 Å². The van der Waals surface area contributed by atoms with Gasteiger partial charge in [-0.25, -0.2) is 22.5 Å². The molecule has 184 valence electrons. The molecule has 35 heavy (non-hydrogen) atoms. The molecule has 0 fully saturated rings. The number of fused-ring (bicyclic) bond motifs is 4. The number of hydrogen-bond acceptors (Lipinski definition) is 7. The molecule has 0 spiro atoms. The molecule has 3 rings (SSSR count). The van der Waals surface area contributed by atoms with E-state index in [1.807, 2.05) is 10.8 Å². The highest BCUT2D eigenvalue weighted by atomic mass is 32.2. The Balaban J connectivity index is 2.30. The van der Waals surface area contributed by atoms with E-state index in [2.05, 4.69) is 16.9 Å². The molecule has 8 nitrogen and oxygen atoms in total. The monoisotopic (exact) mass is 498 g/mol. The lowest BCUT2D eigenvalue weighted by molar-refractivity contribution is -0.118. The molecule has 1 aromatic carbocycles. The Bertz CT molecular complexity index is 1360. The predicted molar refractivity (Wildman–Crippen MR) is 130 cm³/mol. The van der Waals surface area contributed by atoms with E-state index < -0.39 is 39.6 Å². The van der Waals surface area contributed by atoms with Crippen molar-refractivity contribution in [3.05, 3.63) is 70.7 Å². The number of sulfonamides is 1. The van der Waals surface area contributed by atoms with Crippen molar-refractivity contribution in [2.24, 2.45) is 0 Å². The summed E-state index contributed by atoms with van der Waals surface area (Å²) in [6.45, 7) is 10.7. The first-order valence-electron chi connectivity index (χ1n) is 10.9. The van der Waals surface area contributed by atoms with Gasteiger partial charge in [-0.2, -0.15) is 5.26 Å². The molecule has 2 N–H and O–H groups in total. The molecule has 0 atom stereocenters. The zero-order valence-corrected chi connectivity index (χ0v) is 20.8. The van der Waals surface area contributed by atoms with Crippen molar-refractivity contribution in [3.63, 3.8) is 0 Å². The van der Waals surface area contributed by atoms with E-state index in [0.717, 1.165) is 6.08 Å². The number of carbonyl (C=O) groups excluding carboxylic acids is 1. The minimum Gasteiger partial charge on any atom is -0.475 e. The summed E-state index contributed by atoms with van der Waals surface area (Å²) in [6.07, 6.45) is 3.42. The van der Waals surface area contributed by atoms with Crippen LogP contribution in [0, 0.1) is 17.1 Å². The third-order valence-corrected chi connectivity index (χ3v) is 6.84. The first kappa shape index (κ1) is 25.9. The maximum Gasteiger partial charge on any atom is 0.265 e. The zero-order valence-electron chi connectivity index (χ0n) is 20.0. The van der Waals surface area contributed by atoms with Crippen LogP contribution in [-0.2, 0) is 21.2 Å². The van der Waals surface area contributed by atoms with Gasteiger partial charge >= 0.3 is 0 Å². The first-order chi connectivity index (χ1) is 16.4. The number of nitriles is 1. The maximum atomic E-state index is 15.3. The molecule has 1 aliphatic heterocycles. The average molecular weight is 499 g/mol. The number of rotatable bonds is 2. The molecule has 2 aromatic rings. The summed E-state index contributed by atoms with van der Waals surface area (Å²) in [5, 5.41) is 12.5. The van der Waals surface area contributed by atoms with Crippen LogP contribution in [0.3, 0.4) is 0 Å². The van der Waals surface area contributed by atoms with Crippen molar-refractivity contribution < 1.29 is 22.3 Å². The number of nitrogens with one attached hydrogen (secondary N) is 2. The maximum absolute atomic E-state index is 15.3. The summed E-state index contributed by atoms with van der Waals surface area (Å²) in [6, 6.07) is 6.51. The fourth-order valence-electron chi connectivity index (χ4n) is 3.72. The number of pyridine rings is 1. The second-order valence-electron chi connectivity index (χ2n) is 9.10. The van der Waals surface area contributed by atoms with E-state index >= 15 is 4.39 Å². The SMILES string of the molecule is C=C/C1=C\NC(C)(C)COc2cc(ccn2)-c2cc(C#N)c(F)c(C(C)C)c2CC(=O)NS1(=O)=O. The average Bonchev–Trinajstić information content (AvgIpc) is 2.77. The standard InChI is InChI=1S/C25H27FN4O4S/c1-6-18-13-29-25(4,5)14-34-22-10-16(7-8-28-22)19-9-17(12-27)24(26)23(15(2)3)20(19)11-21(31)30-35(18,32)33/h6-10,13,15,29H,1,11,14H2,2-5H3,(H,30,31)/b18-13+. The topological polar surface area (TPSA) is 121 Å². The lowest BCUT2D eigenvalue weighted by Crippen LogP contribution is -2.42. The van der Waals surface area contributed by atoms with Gasteiger partial charge in [0.05, 0.1) is 17.5 Å². The summed E-state index contributed by atoms with van der Waals surface area (Å²) in [5.41, 5.74) is 0.504. The van der Waals surface area contributed by atoms with Gasteiger partial charge in [-0.15, -0.1) is 0 Å². The molecule has 0 radical (unpaired) electrons. The number of nitrogens with zero attached hydrogens (tertiary/aromatic N) is 2. The Morgan fingerprint density at radius 1 is 1.34 bits per heavy atom. The smallest absolute Gasteiger partial charge is 0.265 e. The summed E-state index contributed by atoms with van der Waals surface area (Å²) in [4.78, 5) is 16.9. The van der Waals surface area contributed by atoms with Gasteiger partial charge in [-0.05, 0) is 60.2 Å². The first-order valence-corrected chi connectivity index (χ1v) is 12.4. The third-order valence-electron chi connectivity index (χ3n) is 5.44. The van der Waals surface area contributed by atoms with E-state index in [1.54, 1.807) is 39.8 Å². The van der Waals surface area contributed by atoms with Crippen molar-refractivity contribution >= 4 is 15.9 Å². The minimum atomic E-state index is -4.26. The fourth-order valence-corrected chi connectivity index (χ4v) is 4.64. The van der Waals surface area contributed by atoms with Crippen LogP contribution in [0.1, 0.15) is 50.3 Å². The third kappa shape index (κ3) is 5.69. The molecule has 1 aromatic heterocycles. The molecule has 0 aliphatic carbocycles. The van der Waals surface area contributed by atoms with Gasteiger partial charge in [-0.3, -0.25) is 4.79 Å². The van der Waals surface area contributed by atoms with Crippen LogP contribution in [0.5, 0.6) is 5.88 Å². The quantitative estimate of drug-likeness (QED) is 0.648.